The molecular weight excluding hydrogens is 226 g/mol. The van der Waals surface area contributed by atoms with Gasteiger partial charge in [-0.05, 0) is 40.7 Å². The fourth-order valence-electron chi connectivity index (χ4n) is 1.93. The molecule has 0 aromatic heterocycles. The van der Waals surface area contributed by atoms with Gasteiger partial charge in [0.15, 0.2) is 9.84 Å². The van der Waals surface area contributed by atoms with Gasteiger partial charge in [0.2, 0.25) is 0 Å². The molecule has 0 bridgehead atoms. The highest BCUT2D eigenvalue weighted by Gasteiger charge is 2.37. The van der Waals surface area contributed by atoms with E-state index in [1.54, 1.807) is 27.7 Å². The van der Waals surface area contributed by atoms with Crippen LogP contribution in [0.5, 0.6) is 0 Å². The van der Waals surface area contributed by atoms with Crippen molar-refractivity contribution >= 4 is 9.84 Å². The molecule has 0 spiro atoms. The molecule has 0 amide bonds. The molecule has 0 aromatic carbocycles. The van der Waals surface area contributed by atoms with Gasteiger partial charge in [-0.1, -0.05) is 0 Å². The van der Waals surface area contributed by atoms with Crippen LogP contribution < -0.4 is 0 Å². The molecule has 1 fully saturated rings. The average molecular weight is 249 g/mol. The molecule has 4 nitrogen and oxygen atoms in total. The lowest BCUT2D eigenvalue weighted by Crippen LogP contribution is -2.40. The molecule has 96 valence electrons. The van der Waals surface area contributed by atoms with Gasteiger partial charge in [-0.3, -0.25) is 4.90 Å². The summed E-state index contributed by atoms with van der Waals surface area (Å²) in [5, 5.41) is 9.73. The van der Waals surface area contributed by atoms with Crippen LogP contribution in [-0.2, 0) is 9.84 Å². The zero-order chi connectivity index (χ0) is 12.6. The summed E-state index contributed by atoms with van der Waals surface area (Å²) in [7, 11) is -3.01. The fraction of sp³-hybridized carbons (Fsp3) is 1.00. The van der Waals surface area contributed by atoms with Gasteiger partial charge < -0.3 is 5.11 Å². The summed E-state index contributed by atoms with van der Waals surface area (Å²) < 4.78 is 23.3. The van der Waals surface area contributed by atoms with Crippen molar-refractivity contribution in [3.63, 3.8) is 0 Å². The predicted octanol–water partition coefficient (Wildman–Crippen LogP) is 0.656. The molecule has 0 aromatic rings. The third kappa shape index (κ3) is 3.43. The number of aliphatic hydroxyl groups is 1. The van der Waals surface area contributed by atoms with Gasteiger partial charge in [0.25, 0.3) is 0 Å². The summed E-state index contributed by atoms with van der Waals surface area (Å²) in [5.74, 6) is 0.191. The molecule has 0 saturated carbocycles. The SMILES string of the molecule is CC(C)(O)CN1CCC(C)(C)S(=O)(=O)CC1. The summed E-state index contributed by atoms with van der Waals surface area (Å²) in [6.45, 7) is 8.85. The molecule has 1 aliphatic heterocycles. The molecule has 0 aliphatic carbocycles. The molecule has 1 rings (SSSR count). The van der Waals surface area contributed by atoms with Gasteiger partial charge in [-0.15, -0.1) is 0 Å². The van der Waals surface area contributed by atoms with Gasteiger partial charge in [0.1, 0.15) is 0 Å². The lowest BCUT2D eigenvalue weighted by atomic mass is 10.1. The molecule has 1 heterocycles. The number of sulfone groups is 1. The van der Waals surface area contributed by atoms with Crippen molar-refractivity contribution < 1.29 is 13.5 Å². The molecule has 1 aliphatic rings. The number of β-amino-alcohol motifs (C(OH)–C–C–N with tert-alkyl or cyclic N) is 1. The van der Waals surface area contributed by atoms with Crippen molar-refractivity contribution in [1.82, 2.24) is 4.90 Å². The predicted molar refractivity (Wildman–Crippen MR) is 65.2 cm³/mol. The van der Waals surface area contributed by atoms with E-state index in [-0.39, 0.29) is 5.75 Å². The van der Waals surface area contributed by atoms with E-state index in [2.05, 4.69) is 0 Å². The largest absolute Gasteiger partial charge is 0.389 e. The van der Waals surface area contributed by atoms with Gasteiger partial charge in [-0.25, -0.2) is 8.42 Å². The Morgan fingerprint density at radius 2 is 1.88 bits per heavy atom. The third-order valence-corrected chi connectivity index (χ3v) is 5.77. The molecular formula is C11H23NO3S. The monoisotopic (exact) mass is 249 g/mol. The van der Waals surface area contributed by atoms with Crippen molar-refractivity contribution in [3.8, 4) is 0 Å². The summed E-state index contributed by atoms with van der Waals surface area (Å²) in [6.07, 6.45) is 0.630. The first-order valence-electron chi connectivity index (χ1n) is 5.71. The van der Waals surface area contributed by atoms with Crippen molar-refractivity contribution in [3.05, 3.63) is 0 Å². The van der Waals surface area contributed by atoms with Crippen molar-refractivity contribution in [2.24, 2.45) is 0 Å². The zero-order valence-corrected chi connectivity index (χ0v) is 11.5. The van der Waals surface area contributed by atoms with Crippen LogP contribution in [0.15, 0.2) is 0 Å². The van der Waals surface area contributed by atoms with E-state index in [0.29, 0.717) is 19.5 Å². The number of hydrogen-bond acceptors (Lipinski definition) is 4. The Morgan fingerprint density at radius 1 is 1.31 bits per heavy atom. The standard InChI is InChI=1S/C11H23NO3S/c1-10(2,13)9-12-6-5-11(3,4)16(14,15)8-7-12/h13H,5-9H2,1-4H3. The summed E-state index contributed by atoms with van der Waals surface area (Å²) >= 11 is 0. The Kier molecular flexibility index (Phi) is 3.72. The normalized spacial score (nSPS) is 26.3. The van der Waals surface area contributed by atoms with Gasteiger partial charge in [-0.2, -0.15) is 0 Å². The highest BCUT2D eigenvalue weighted by molar-refractivity contribution is 7.92. The molecule has 1 saturated heterocycles. The van der Waals surface area contributed by atoms with Crippen LogP contribution in [-0.4, -0.2) is 54.2 Å². The molecule has 0 radical (unpaired) electrons. The van der Waals surface area contributed by atoms with E-state index in [9.17, 15) is 13.5 Å². The Labute approximate surface area is 98.6 Å². The summed E-state index contributed by atoms with van der Waals surface area (Å²) in [5.41, 5.74) is -0.766. The number of rotatable bonds is 2. The molecule has 0 atom stereocenters. The van der Waals surface area contributed by atoms with Crippen molar-refractivity contribution in [1.29, 1.82) is 0 Å². The molecule has 1 N–H and O–H groups in total. The van der Waals surface area contributed by atoms with E-state index in [4.69, 9.17) is 0 Å². The maximum atomic E-state index is 11.9. The first-order chi connectivity index (χ1) is 7.04. The van der Waals surface area contributed by atoms with Crippen LogP contribution in [0, 0.1) is 0 Å². The van der Waals surface area contributed by atoms with Gasteiger partial charge >= 0.3 is 0 Å². The topological polar surface area (TPSA) is 57.6 Å². The van der Waals surface area contributed by atoms with Crippen molar-refractivity contribution in [2.75, 3.05) is 25.4 Å². The van der Waals surface area contributed by atoms with Crippen LogP contribution >= 0.6 is 0 Å². The lowest BCUT2D eigenvalue weighted by Gasteiger charge is -2.27. The van der Waals surface area contributed by atoms with Crippen LogP contribution in [0.3, 0.4) is 0 Å². The maximum Gasteiger partial charge on any atom is 0.156 e. The van der Waals surface area contributed by atoms with E-state index in [1.165, 1.54) is 0 Å². The van der Waals surface area contributed by atoms with E-state index < -0.39 is 20.2 Å². The highest BCUT2D eigenvalue weighted by atomic mass is 32.2. The Bertz CT molecular complexity index is 341. The fourth-order valence-corrected chi connectivity index (χ4v) is 3.38. The van der Waals surface area contributed by atoms with E-state index >= 15 is 0 Å². The summed E-state index contributed by atoms with van der Waals surface area (Å²) in [6, 6.07) is 0. The second kappa shape index (κ2) is 4.27. The number of nitrogens with zero attached hydrogens (tertiary/aromatic N) is 1. The van der Waals surface area contributed by atoms with Crippen LogP contribution in [0.4, 0.5) is 0 Å². The lowest BCUT2D eigenvalue weighted by molar-refractivity contribution is 0.0379. The third-order valence-electron chi connectivity index (χ3n) is 3.16. The first kappa shape index (κ1) is 13.9. The Hall–Kier alpha value is -0.130. The molecule has 5 heteroatoms. The number of hydrogen-bond donors (Lipinski definition) is 1. The minimum absolute atomic E-state index is 0.191. The maximum absolute atomic E-state index is 11.9. The van der Waals surface area contributed by atoms with Gasteiger partial charge in [0.05, 0.1) is 16.1 Å². The van der Waals surface area contributed by atoms with E-state index in [1.807, 2.05) is 4.90 Å². The average Bonchev–Trinajstić information content (AvgIpc) is 2.14. The minimum atomic E-state index is -3.01. The zero-order valence-electron chi connectivity index (χ0n) is 10.7. The molecule has 0 unspecified atom stereocenters. The molecule has 16 heavy (non-hydrogen) atoms. The summed E-state index contributed by atoms with van der Waals surface area (Å²) in [4.78, 5) is 2.03. The van der Waals surface area contributed by atoms with Gasteiger partial charge in [0, 0.05) is 13.1 Å². The van der Waals surface area contributed by atoms with Crippen molar-refractivity contribution in [2.45, 2.75) is 44.5 Å². The first-order valence-corrected chi connectivity index (χ1v) is 7.36. The highest BCUT2D eigenvalue weighted by Crippen LogP contribution is 2.25. The quantitative estimate of drug-likeness (QED) is 0.781. The Morgan fingerprint density at radius 3 is 2.38 bits per heavy atom. The van der Waals surface area contributed by atoms with Crippen LogP contribution in [0.25, 0.3) is 0 Å². The minimum Gasteiger partial charge on any atom is -0.389 e. The second-order valence-corrected chi connectivity index (χ2v) is 8.66. The van der Waals surface area contributed by atoms with E-state index in [0.717, 1.165) is 6.54 Å². The van der Waals surface area contributed by atoms with Crippen LogP contribution in [0.1, 0.15) is 34.1 Å². The smallest absolute Gasteiger partial charge is 0.156 e. The van der Waals surface area contributed by atoms with Crippen LogP contribution in [0.2, 0.25) is 0 Å². The Balaban J connectivity index is 2.73. The second-order valence-electron chi connectivity index (χ2n) is 5.92.